The van der Waals surface area contributed by atoms with Crippen molar-refractivity contribution in [1.29, 1.82) is 5.41 Å². The van der Waals surface area contributed by atoms with Crippen molar-refractivity contribution >= 4 is 22.9 Å². The van der Waals surface area contributed by atoms with Gasteiger partial charge in [-0.3, -0.25) is 5.41 Å². The third-order valence-corrected chi connectivity index (χ3v) is 2.57. The van der Waals surface area contributed by atoms with E-state index >= 15 is 0 Å². The van der Waals surface area contributed by atoms with Crippen LogP contribution in [0.15, 0.2) is 41.5 Å². The maximum absolute atomic E-state index is 10.1. The van der Waals surface area contributed by atoms with E-state index in [0.717, 1.165) is 16.3 Å². The Morgan fingerprint density at radius 2 is 2.11 bits per heavy atom. The average molecular weight is 242 g/mol. The lowest BCUT2D eigenvalue weighted by molar-refractivity contribution is 0.476. The molecular formula is C13H14N4O. The zero-order valence-corrected chi connectivity index (χ0v) is 9.72. The molecule has 0 aliphatic rings. The summed E-state index contributed by atoms with van der Waals surface area (Å²) in [5.41, 5.74) is 8.19. The highest BCUT2D eigenvalue weighted by molar-refractivity contribution is 5.90. The van der Waals surface area contributed by atoms with Gasteiger partial charge in [0.2, 0.25) is 5.96 Å². The standard InChI is InChI=1S/C13H14N4O/c14-13(15)17-16-8-7-10-6-5-9-3-1-2-4-11(9)12(10)18/h1-6,8,18H,7H2,(H4,14,15,17). The molecule has 0 heterocycles. The van der Waals surface area contributed by atoms with Crippen molar-refractivity contribution in [2.75, 3.05) is 0 Å². The van der Waals surface area contributed by atoms with Gasteiger partial charge in [0.05, 0.1) is 0 Å². The topological polar surface area (TPSA) is 94.5 Å². The predicted octanol–water partition coefficient (Wildman–Crippen LogP) is 1.56. The number of fused-ring (bicyclic) bond motifs is 1. The van der Waals surface area contributed by atoms with Gasteiger partial charge in [0.25, 0.3) is 0 Å². The molecule has 5 N–H and O–H groups in total. The molecule has 18 heavy (non-hydrogen) atoms. The fourth-order valence-electron chi connectivity index (χ4n) is 1.72. The molecule has 92 valence electrons. The van der Waals surface area contributed by atoms with Crippen LogP contribution in [0.4, 0.5) is 0 Å². The van der Waals surface area contributed by atoms with Crippen LogP contribution in [0.5, 0.6) is 5.75 Å². The van der Waals surface area contributed by atoms with Gasteiger partial charge in [-0.2, -0.15) is 5.10 Å². The molecule has 0 unspecified atom stereocenters. The van der Waals surface area contributed by atoms with Gasteiger partial charge in [0.15, 0.2) is 0 Å². The summed E-state index contributed by atoms with van der Waals surface area (Å²) >= 11 is 0. The Balaban J connectivity index is 2.21. The van der Waals surface area contributed by atoms with Crippen LogP contribution in [0.3, 0.4) is 0 Å². The first-order chi connectivity index (χ1) is 8.68. The summed E-state index contributed by atoms with van der Waals surface area (Å²) in [6.07, 6.45) is 2.03. The monoisotopic (exact) mass is 242 g/mol. The third-order valence-electron chi connectivity index (χ3n) is 2.57. The minimum Gasteiger partial charge on any atom is -0.507 e. The van der Waals surface area contributed by atoms with Gasteiger partial charge >= 0.3 is 0 Å². The smallest absolute Gasteiger partial charge is 0.206 e. The highest BCUT2D eigenvalue weighted by atomic mass is 16.3. The Bertz CT molecular complexity index is 607. The summed E-state index contributed by atoms with van der Waals surface area (Å²) < 4.78 is 0. The highest BCUT2D eigenvalue weighted by Crippen LogP contribution is 2.28. The second-order valence-electron chi connectivity index (χ2n) is 3.84. The summed E-state index contributed by atoms with van der Waals surface area (Å²) in [6.45, 7) is 0. The molecule has 5 nitrogen and oxygen atoms in total. The molecule has 0 saturated heterocycles. The summed E-state index contributed by atoms with van der Waals surface area (Å²) in [5, 5.41) is 22.6. The van der Waals surface area contributed by atoms with Crippen LogP contribution in [0.1, 0.15) is 5.56 Å². The Morgan fingerprint density at radius 3 is 2.89 bits per heavy atom. The molecule has 0 fully saturated rings. The number of hydrogen-bond donors (Lipinski definition) is 4. The van der Waals surface area contributed by atoms with E-state index in [-0.39, 0.29) is 11.7 Å². The van der Waals surface area contributed by atoms with E-state index in [9.17, 15) is 5.11 Å². The molecule has 0 atom stereocenters. The van der Waals surface area contributed by atoms with Crippen LogP contribution >= 0.6 is 0 Å². The fraction of sp³-hybridized carbons (Fsp3) is 0.0769. The normalized spacial score (nSPS) is 10.9. The number of phenolic OH excluding ortho intramolecular Hbond substituents is 1. The summed E-state index contributed by atoms with van der Waals surface area (Å²) in [6, 6.07) is 11.5. The second kappa shape index (κ2) is 5.18. The van der Waals surface area contributed by atoms with Crippen molar-refractivity contribution in [3.63, 3.8) is 0 Å². The zero-order chi connectivity index (χ0) is 13.0. The number of phenols is 1. The number of nitrogens with zero attached hydrogens (tertiary/aromatic N) is 1. The first-order valence-corrected chi connectivity index (χ1v) is 5.49. The number of aromatic hydroxyl groups is 1. The number of nitrogens with one attached hydrogen (secondary N) is 2. The molecular weight excluding hydrogens is 228 g/mol. The molecule has 0 radical (unpaired) electrons. The molecule has 0 amide bonds. The van der Waals surface area contributed by atoms with Gasteiger partial charge in [-0.25, -0.2) is 5.43 Å². The lowest BCUT2D eigenvalue weighted by Crippen LogP contribution is -2.25. The largest absolute Gasteiger partial charge is 0.507 e. The lowest BCUT2D eigenvalue weighted by Gasteiger charge is -2.05. The minimum atomic E-state index is -0.214. The first-order valence-electron chi connectivity index (χ1n) is 5.49. The quantitative estimate of drug-likeness (QED) is 0.373. The molecule has 0 aliphatic carbocycles. The number of benzene rings is 2. The molecule has 2 rings (SSSR count). The van der Waals surface area contributed by atoms with Crippen LogP contribution in [0.25, 0.3) is 10.8 Å². The van der Waals surface area contributed by atoms with E-state index in [1.54, 1.807) is 6.21 Å². The Kier molecular flexibility index (Phi) is 3.43. The van der Waals surface area contributed by atoms with Crippen LogP contribution < -0.4 is 11.2 Å². The van der Waals surface area contributed by atoms with E-state index in [2.05, 4.69) is 10.5 Å². The van der Waals surface area contributed by atoms with Crippen molar-refractivity contribution in [3.8, 4) is 5.75 Å². The van der Waals surface area contributed by atoms with Crippen molar-refractivity contribution < 1.29 is 5.11 Å². The van der Waals surface area contributed by atoms with Crippen molar-refractivity contribution in [2.45, 2.75) is 6.42 Å². The second-order valence-corrected chi connectivity index (χ2v) is 3.84. The minimum absolute atomic E-state index is 0.214. The number of guanidine groups is 1. The molecule has 0 bridgehead atoms. The van der Waals surface area contributed by atoms with E-state index < -0.39 is 0 Å². The SMILES string of the molecule is N=C(N)NN=CCc1ccc2ccccc2c1O. The van der Waals surface area contributed by atoms with Gasteiger partial charge < -0.3 is 10.8 Å². The third kappa shape index (κ3) is 2.57. The van der Waals surface area contributed by atoms with Gasteiger partial charge in [0, 0.05) is 18.0 Å². The number of rotatable bonds is 3. The molecule has 0 saturated carbocycles. The Hall–Kier alpha value is -2.56. The zero-order valence-electron chi connectivity index (χ0n) is 9.72. The van der Waals surface area contributed by atoms with Crippen molar-refractivity contribution in [2.24, 2.45) is 10.8 Å². The van der Waals surface area contributed by atoms with E-state index in [1.807, 2.05) is 36.4 Å². The molecule has 0 aliphatic heterocycles. The van der Waals surface area contributed by atoms with Gasteiger partial charge in [-0.15, -0.1) is 0 Å². The first kappa shape index (κ1) is 11.9. The van der Waals surface area contributed by atoms with E-state index in [0.29, 0.717) is 6.42 Å². The van der Waals surface area contributed by atoms with Crippen molar-refractivity contribution in [1.82, 2.24) is 5.43 Å². The van der Waals surface area contributed by atoms with Crippen LogP contribution in [0.2, 0.25) is 0 Å². The number of hydrogen-bond acceptors (Lipinski definition) is 3. The van der Waals surface area contributed by atoms with Crippen molar-refractivity contribution in [3.05, 3.63) is 42.0 Å². The lowest BCUT2D eigenvalue weighted by atomic mass is 10.0. The molecule has 0 aromatic heterocycles. The maximum atomic E-state index is 10.1. The Labute approximate surface area is 104 Å². The van der Waals surface area contributed by atoms with Crippen LogP contribution in [-0.4, -0.2) is 17.3 Å². The number of hydrazone groups is 1. The van der Waals surface area contributed by atoms with E-state index in [1.165, 1.54) is 0 Å². The highest BCUT2D eigenvalue weighted by Gasteiger charge is 2.04. The molecule has 5 heteroatoms. The Morgan fingerprint density at radius 1 is 1.33 bits per heavy atom. The summed E-state index contributed by atoms with van der Waals surface area (Å²) in [4.78, 5) is 0. The van der Waals surface area contributed by atoms with Crippen LogP contribution in [-0.2, 0) is 6.42 Å². The fourth-order valence-corrected chi connectivity index (χ4v) is 1.72. The molecule has 2 aromatic carbocycles. The predicted molar refractivity (Wildman–Crippen MR) is 72.9 cm³/mol. The molecule has 0 spiro atoms. The summed E-state index contributed by atoms with van der Waals surface area (Å²) in [7, 11) is 0. The van der Waals surface area contributed by atoms with Crippen LogP contribution in [0, 0.1) is 5.41 Å². The number of nitrogens with two attached hydrogens (primary N) is 1. The van der Waals surface area contributed by atoms with Gasteiger partial charge in [0.1, 0.15) is 5.75 Å². The van der Waals surface area contributed by atoms with Gasteiger partial charge in [-0.05, 0) is 10.9 Å². The average Bonchev–Trinajstić information content (AvgIpc) is 2.37. The van der Waals surface area contributed by atoms with Gasteiger partial charge in [-0.1, -0.05) is 36.4 Å². The molecule has 2 aromatic rings. The maximum Gasteiger partial charge on any atom is 0.206 e. The summed E-state index contributed by atoms with van der Waals surface area (Å²) in [5.74, 6) is 0.0522. The van der Waals surface area contributed by atoms with E-state index in [4.69, 9.17) is 11.1 Å².